The normalized spacial score (nSPS) is 15.0. The Labute approximate surface area is 213 Å². The molecule has 0 bridgehead atoms. The molecule has 2 aromatic rings. The van der Waals surface area contributed by atoms with Crippen molar-refractivity contribution in [2.45, 2.75) is 64.6 Å². The van der Waals surface area contributed by atoms with Crippen molar-refractivity contribution in [2.75, 3.05) is 17.1 Å². The second kappa shape index (κ2) is 11.9. The second-order valence-electron chi connectivity index (χ2n) is 9.17. The molecule has 1 aliphatic carbocycles. The summed E-state index contributed by atoms with van der Waals surface area (Å²) in [6.45, 7) is 3.61. The fourth-order valence-electron chi connectivity index (χ4n) is 4.52. The first-order valence-electron chi connectivity index (χ1n) is 12.0. The van der Waals surface area contributed by atoms with Crippen molar-refractivity contribution in [3.05, 3.63) is 64.7 Å². The highest BCUT2D eigenvalue weighted by atomic mass is 35.5. The molecular formula is C26H34ClN3O4S. The van der Waals surface area contributed by atoms with Crippen LogP contribution in [0, 0.1) is 6.92 Å². The Morgan fingerprint density at radius 3 is 2.34 bits per heavy atom. The van der Waals surface area contributed by atoms with Crippen LogP contribution in [-0.2, 0) is 26.2 Å². The average Bonchev–Trinajstić information content (AvgIpc) is 3.30. The molecule has 1 atom stereocenters. The smallest absolute Gasteiger partial charge is 0.244 e. The Balaban J connectivity index is 1.91. The van der Waals surface area contributed by atoms with E-state index in [1.807, 2.05) is 38.1 Å². The van der Waals surface area contributed by atoms with Crippen LogP contribution in [0.1, 0.15) is 50.2 Å². The molecule has 0 saturated heterocycles. The molecule has 9 heteroatoms. The Bertz CT molecular complexity index is 1130. The first-order chi connectivity index (χ1) is 16.6. The van der Waals surface area contributed by atoms with Crippen LogP contribution in [0.3, 0.4) is 0 Å². The van der Waals surface area contributed by atoms with Gasteiger partial charge in [0, 0.05) is 17.6 Å². The molecule has 0 aromatic heterocycles. The van der Waals surface area contributed by atoms with E-state index in [2.05, 4.69) is 5.32 Å². The molecule has 0 heterocycles. The molecule has 2 amide bonds. The van der Waals surface area contributed by atoms with Gasteiger partial charge in [-0.2, -0.15) is 0 Å². The summed E-state index contributed by atoms with van der Waals surface area (Å²) in [5.74, 6) is -0.641. The van der Waals surface area contributed by atoms with E-state index in [-0.39, 0.29) is 18.5 Å². The minimum absolute atomic E-state index is 0.119. The molecule has 1 N–H and O–H groups in total. The summed E-state index contributed by atoms with van der Waals surface area (Å²) in [4.78, 5) is 28.5. The molecule has 1 aliphatic rings. The summed E-state index contributed by atoms with van der Waals surface area (Å²) in [5.41, 5.74) is 2.25. The Morgan fingerprint density at radius 2 is 1.77 bits per heavy atom. The molecule has 7 nitrogen and oxygen atoms in total. The lowest BCUT2D eigenvalue weighted by molar-refractivity contribution is -0.140. The second-order valence-corrected chi connectivity index (χ2v) is 11.5. The number of benzene rings is 2. The predicted molar refractivity (Wildman–Crippen MR) is 140 cm³/mol. The molecule has 1 saturated carbocycles. The summed E-state index contributed by atoms with van der Waals surface area (Å²) in [5, 5.41) is 3.57. The lowest BCUT2D eigenvalue weighted by Gasteiger charge is -2.33. The molecule has 0 unspecified atom stereocenters. The van der Waals surface area contributed by atoms with Crippen molar-refractivity contribution >= 4 is 39.1 Å². The number of hydrogen-bond acceptors (Lipinski definition) is 4. The van der Waals surface area contributed by atoms with Gasteiger partial charge >= 0.3 is 0 Å². The SMILES string of the molecule is CC[C@@H](C(=O)NC1CCCC1)N(Cc1cccc(C)c1)C(=O)CN(c1ccc(Cl)cc1)S(C)(=O)=O. The van der Waals surface area contributed by atoms with Crippen LogP contribution in [0.2, 0.25) is 5.02 Å². The van der Waals surface area contributed by atoms with Gasteiger partial charge in [-0.1, -0.05) is 61.2 Å². The summed E-state index contributed by atoms with van der Waals surface area (Å²) in [7, 11) is -3.77. The van der Waals surface area contributed by atoms with Crippen LogP contribution in [0.15, 0.2) is 48.5 Å². The highest BCUT2D eigenvalue weighted by Crippen LogP contribution is 2.23. The van der Waals surface area contributed by atoms with Gasteiger partial charge in [0.1, 0.15) is 12.6 Å². The molecule has 0 spiro atoms. The van der Waals surface area contributed by atoms with E-state index in [1.165, 1.54) is 4.90 Å². The van der Waals surface area contributed by atoms with Gasteiger partial charge in [-0.15, -0.1) is 0 Å². The van der Waals surface area contributed by atoms with Crippen molar-refractivity contribution in [2.24, 2.45) is 0 Å². The third kappa shape index (κ3) is 7.45. The van der Waals surface area contributed by atoms with Gasteiger partial charge in [0.15, 0.2) is 0 Å². The van der Waals surface area contributed by atoms with E-state index in [1.54, 1.807) is 24.3 Å². The number of rotatable bonds is 10. The molecule has 1 fully saturated rings. The number of nitrogens with zero attached hydrogens (tertiary/aromatic N) is 2. The number of aryl methyl sites for hydroxylation is 1. The van der Waals surface area contributed by atoms with E-state index in [4.69, 9.17) is 11.6 Å². The van der Waals surface area contributed by atoms with Gasteiger partial charge in [0.2, 0.25) is 21.8 Å². The highest BCUT2D eigenvalue weighted by Gasteiger charge is 2.33. The number of nitrogens with one attached hydrogen (secondary N) is 1. The van der Waals surface area contributed by atoms with E-state index >= 15 is 0 Å². The van der Waals surface area contributed by atoms with Gasteiger partial charge < -0.3 is 10.2 Å². The standard InChI is InChI=1S/C26H34ClN3O4S/c1-4-24(26(32)28-22-10-5-6-11-22)29(17-20-9-7-8-19(2)16-20)25(31)18-30(35(3,33)34)23-14-12-21(27)13-15-23/h7-9,12-16,22,24H,4-6,10-11,17-18H2,1-3H3,(H,28,32)/t24-/m0/s1. The predicted octanol–water partition coefficient (Wildman–Crippen LogP) is 4.28. The monoisotopic (exact) mass is 519 g/mol. The number of hydrogen-bond donors (Lipinski definition) is 1. The van der Waals surface area contributed by atoms with E-state index in [0.717, 1.165) is 47.4 Å². The van der Waals surface area contributed by atoms with Crippen molar-refractivity contribution in [3.63, 3.8) is 0 Å². The zero-order valence-corrected chi connectivity index (χ0v) is 22.1. The fraction of sp³-hybridized carbons (Fsp3) is 0.462. The van der Waals surface area contributed by atoms with Gasteiger partial charge in [-0.3, -0.25) is 13.9 Å². The minimum atomic E-state index is -3.77. The molecule has 3 rings (SSSR count). The van der Waals surface area contributed by atoms with Crippen LogP contribution in [0.5, 0.6) is 0 Å². The maximum Gasteiger partial charge on any atom is 0.244 e. The first kappa shape index (κ1) is 27.0. The molecule has 35 heavy (non-hydrogen) atoms. The molecular weight excluding hydrogens is 486 g/mol. The van der Waals surface area contributed by atoms with Gasteiger partial charge in [0.25, 0.3) is 0 Å². The van der Waals surface area contributed by atoms with Crippen molar-refractivity contribution in [1.29, 1.82) is 0 Å². The number of sulfonamides is 1. The third-order valence-electron chi connectivity index (χ3n) is 6.32. The summed E-state index contributed by atoms with van der Waals surface area (Å²) in [6.07, 6.45) is 5.51. The lowest BCUT2D eigenvalue weighted by atomic mass is 10.1. The summed E-state index contributed by atoms with van der Waals surface area (Å²) < 4.78 is 26.3. The Kier molecular flexibility index (Phi) is 9.19. The zero-order valence-electron chi connectivity index (χ0n) is 20.5. The average molecular weight is 520 g/mol. The number of carbonyl (C=O) groups excluding carboxylic acids is 2. The quantitative estimate of drug-likeness (QED) is 0.507. The van der Waals surface area contributed by atoms with Crippen molar-refractivity contribution < 1.29 is 18.0 Å². The number of carbonyl (C=O) groups is 2. The van der Waals surface area contributed by atoms with Crippen LogP contribution in [0.25, 0.3) is 0 Å². The van der Waals surface area contributed by atoms with Crippen LogP contribution in [0.4, 0.5) is 5.69 Å². The van der Waals surface area contributed by atoms with Crippen molar-refractivity contribution in [3.8, 4) is 0 Å². The number of halogens is 1. The fourth-order valence-corrected chi connectivity index (χ4v) is 5.49. The van der Waals surface area contributed by atoms with Crippen molar-refractivity contribution in [1.82, 2.24) is 10.2 Å². The largest absolute Gasteiger partial charge is 0.352 e. The summed E-state index contributed by atoms with van der Waals surface area (Å²) >= 11 is 5.97. The molecule has 2 aromatic carbocycles. The maximum absolute atomic E-state index is 13.7. The van der Waals surface area contributed by atoms with Gasteiger partial charge in [0.05, 0.1) is 11.9 Å². The van der Waals surface area contributed by atoms with E-state index < -0.39 is 28.5 Å². The number of anilines is 1. The van der Waals surface area contributed by atoms with E-state index in [0.29, 0.717) is 17.1 Å². The first-order valence-corrected chi connectivity index (χ1v) is 14.2. The maximum atomic E-state index is 13.7. The van der Waals surface area contributed by atoms with Crippen LogP contribution in [-0.4, -0.2) is 50.0 Å². The Morgan fingerprint density at radius 1 is 1.11 bits per heavy atom. The molecule has 0 radical (unpaired) electrons. The molecule has 0 aliphatic heterocycles. The highest BCUT2D eigenvalue weighted by molar-refractivity contribution is 7.92. The van der Waals surface area contributed by atoms with Gasteiger partial charge in [-0.25, -0.2) is 8.42 Å². The zero-order chi connectivity index (χ0) is 25.6. The lowest BCUT2D eigenvalue weighted by Crippen LogP contribution is -2.53. The number of amides is 2. The van der Waals surface area contributed by atoms with Crippen LogP contribution >= 0.6 is 11.6 Å². The van der Waals surface area contributed by atoms with E-state index in [9.17, 15) is 18.0 Å². The summed E-state index contributed by atoms with van der Waals surface area (Å²) in [6, 6.07) is 13.4. The molecule has 190 valence electrons. The Hall–Kier alpha value is -2.58. The third-order valence-corrected chi connectivity index (χ3v) is 7.71. The minimum Gasteiger partial charge on any atom is -0.352 e. The topological polar surface area (TPSA) is 86.8 Å². The van der Waals surface area contributed by atoms with Gasteiger partial charge in [-0.05, 0) is 56.0 Å². The van der Waals surface area contributed by atoms with Crippen LogP contribution < -0.4 is 9.62 Å².